The maximum absolute atomic E-state index is 4.24. The van der Waals surface area contributed by atoms with Crippen molar-refractivity contribution >= 4 is 11.8 Å². The molecule has 0 spiro atoms. The Labute approximate surface area is 95.6 Å². The Bertz CT molecular complexity index is 316. The van der Waals surface area contributed by atoms with Crippen LogP contribution in [-0.4, -0.2) is 27.8 Å². The van der Waals surface area contributed by atoms with Crippen molar-refractivity contribution in [1.82, 2.24) is 15.1 Å². The highest BCUT2D eigenvalue weighted by Gasteiger charge is 2.14. The van der Waals surface area contributed by atoms with Crippen molar-refractivity contribution in [3.05, 3.63) is 17.5 Å². The highest BCUT2D eigenvalue weighted by Crippen LogP contribution is 2.22. The van der Waals surface area contributed by atoms with Crippen LogP contribution < -0.4 is 5.32 Å². The van der Waals surface area contributed by atoms with Crippen molar-refractivity contribution in [2.24, 2.45) is 13.0 Å². The second kappa shape index (κ2) is 5.03. The van der Waals surface area contributed by atoms with E-state index in [9.17, 15) is 0 Å². The molecule has 0 aromatic carbocycles. The molecule has 15 heavy (non-hydrogen) atoms. The molecule has 1 saturated heterocycles. The first-order valence-corrected chi connectivity index (χ1v) is 6.69. The van der Waals surface area contributed by atoms with E-state index in [1.807, 2.05) is 17.9 Å². The summed E-state index contributed by atoms with van der Waals surface area (Å²) in [6.07, 6.45) is 3.34. The average molecular weight is 225 g/mol. The van der Waals surface area contributed by atoms with Crippen molar-refractivity contribution in [1.29, 1.82) is 0 Å². The predicted molar refractivity (Wildman–Crippen MR) is 65.1 cm³/mol. The monoisotopic (exact) mass is 225 g/mol. The van der Waals surface area contributed by atoms with Gasteiger partial charge in [-0.2, -0.15) is 16.9 Å². The van der Waals surface area contributed by atoms with Gasteiger partial charge in [-0.25, -0.2) is 0 Å². The molecular weight excluding hydrogens is 206 g/mol. The topological polar surface area (TPSA) is 29.9 Å². The molecule has 1 aliphatic heterocycles. The minimum absolute atomic E-state index is 0.881. The number of aromatic nitrogens is 2. The first-order chi connectivity index (χ1) is 7.27. The van der Waals surface area contributed by atoms with Crippen molar-refractivity contribution in [2.75, 3.05) is 18.1 Å². The van der Waals surface area contributed by atoms with Gasteiger partial charge < -0.3 is 5.32 Å². The van der Waals surface area contributed by atoms with Crippen LogP contribution >= 0.6 is 11.8 Å². The van der Waals surface area contributed by atoms with Crippen molar-refractivity contribution in [3.63, 3.8) is 0 Å². The molecule has 0 aliphatic carbocycles. The fraction of sp³-hybridized carbons (Fsp3) is 0.727. The smallest absolute Gasteiger partial charge is 0.0537 e. The zero-order valence-corrected chi connectivity index (χ0v) is 10.3. The minimum atomic E-state index is 0.881. The van der Waals surface area contributed by atoms with Gasteiger partial charge in [0.25, 0.3) is 0 Å². The van der Waals surface area contributed by atoms with Gasteiger partial charge in [0, 0.05) is 24.8 Å². The third kappa shape index (κ3) is 2.75. The summed E-state index contributed by atoms with van der Waals surface area (Å²) in [5.41, 5.74) is 2.59. The second-order valence-electron chi connectivity index (χ2n) is 4.24. The van der Waals surface area contributed by atoms with Gasteiger partial charge in [-0.15, -0.1) is 0 Å². The standard InChI is InChI=1S/C11H19N3S/c1-9-11(7-13-14(9)2)6-12-5-10-3-4-15-8-10/h7,10,12H,3-6,8H2,1-2H3. The van der Waals surface area contributed by atoms with Crippen LogP contribution in [0, 0.1) is 12.8 Å². The summed E-state index contributed by atoms with van der Waals surface area (Å²) in [5, 5.41) is 7.77. The fourth-order valence-corrected chi connectivity index (χ4v) is 3.16. The van der Waals surface area contributed by atoms with Gasteiger partial charge in [-0.05, 0) is 37.3 Å². The summed E-state index contributed by atoms with van der Waals surface area (Å²) in [7, 11) is 1.99. The summed E-state index contributed by atoms with van der Waals surface area (Å²) in [6.45, 7) is 4.23. The average Bonchev–Trinajstić information content (AvgIpc) is 2.83. The third-order valence-electron chi connectivity index (χ3n) is 3.11. The summed E-state index contributed by atoms with van der Waals surface area (Å²) in [6, 6.07) is 0. The molecule has 2 rings (SSSR count). The molecule has 1 aliphatic rings. The number of nitrogens with zero attached hydrogens (tertiary/aromatic N) is 2. The van der Waals surface area contributed by atoms with E-state index >= 15 is 0 Å². The molecular formula is C11H19N3S. The molecule has 84 valence electrons. The maximum Gasteiger partial charge on any atom is 0.0537 e. The van der Waals surface area contributed by atoms with Crippen LogP contribution in [0.3, 0.4) is 0 Å². The molecule has 1 aromatic heterocycles. The van der Waals surface area contributed by atoms with E-state index in [1.54, 1.807) is 0 Å². The molecule has 0 saturated carbocycles. The van der Waals surface area contributed by atoms with E-state index in [2.05, 4.69) is 29.1 Å². The summed E-state index contributed by atoms with van der Waals surface area (Å²) >= 11 is 2.08. The lowest BCUT2D eigenvalue weighted by atomic mass is 10.1. The highest BCUT2D eigenvalue weighted by atomic mass is 32.2. The predicted octanol–water partition coefficient (Wildman–Crippen LogP) is 1.57. The molecule has 2 heterocycles. The molecule has 1 fully saturated rings. The first-order valence-electron chi connectivity index (χ1n) is 5.53. The van der Waals surface area contributed by atoms with Gasteiger partial charge in [0.2, 0.25) is 0 Å². The SMILES string of the molecule is Cc1c(CNCC2CCSC2)cnn1C. The number of nitrogens with one attached hydrogen (secondary N) is 1. The second-order valence-corrected chi connectivity index (χ2v) is 5.39. The quantitative estimate of drug-likeness (QED) is 0.843. The van der Waals surface area contributed by atoms with Crippen LogP contribution in [0.4, 0.5) is 0 Å². The zero-order chi connectivity index (χ0) is 10.7. The Kier molecular flexibility index (Phi) is 3.70. The Morgan fingerprint density at radius 2 is 2.53 bits per heavy atom. The zero-order valence-electron chi connectivity index (χ0n) is 9.49. The van der Waals surface area contributed by atoms with Crippen LogP contribution in [0.25, 0.3) is 0 Å². The molecule has 4 heteroatoms. The van der Waals surface area contributed by atoms with Gasteiger partial charge >= 0.3 is 0 Å². The molecule has 1 aromatic rings. The van der Waals surface area contributed by atoms with Gasteiger partial charge in [-0.3, -0.25) is 4.68 Å². The summed E-state index contributed by atoms with van der Waals surface area (Å²) in [4.78, 5) is 0. The molecule has 0 amide bonds. The Morgan fingerprint density at radius 3 is 3.13 bits per heavy atom. The van der Waals surface area contributed by atoms with Crippen LogP contribution in [0.2, 0.25) is 0 Å². The van der Waals surface area contributed by atoms with E-state index in [4.69, 9.17) is 0 Å². The Morgan fingerprint density at radius 1 is 1.67 bits per heavy atom. The number of rotatable bonds is 4. The third-order valence-corrected chi connectivity index (χ3v) is 4.34. The molecule has 0 radical (unpaired) electrons. The van der Waals surface area contributed by atoms with Crippen molar-refractivity contribution in [2.45, 2.75) is 19.9 Å². The fourth-order valence-electron chi connectivity index (χ4n) is 1.87. The van der Waals surface area contributed by atoms with Gasteiger partial charge in [-0.1, -0.05) is 0 Å². The van der Waals surface area contributed by atoms with Crippen LogP contribution in [0.15, 0.2) is 6.20 Å². The maximum atomic E-state index is 4.24. The lowest BCUT2D eigenvalue weighted by molar-refractivity contribution is 0.522. The number of hydrogen-bond donors (Lipinski definition) is 1. The lowest BCUT2D eigenvalue weighted by Gasteiger charge is -2.09. The van der Waals surface area contributed by atoms with Crippen molar-refractivity contribution in [3.8, 4) is 0 Å². The molecule has 3 nitrogen and oxygen atoms in total. The molecule has 1 atom stereocenters. The summed E-state index contributed by atoms with van der Waals surface area (Å²) < 4.78 is 1.93. The normalized spacial score (nSPS) is 21.1. The van der Waals surface area contributed by atoms with Crippen LogP contribution in [0.5, 0.6) is 0 Å². The highest BCUT2D eigenvalue weighted by molar-refractivity contribution is 7.99. The number of hydrogen-bond acceptors (Lipinski definition) is 3. The number of aryl methyl sites for hydroxylation is 1. The largest absolute Gasteiger partial charge is 0.312 e. The molecule has 0 bridgehead atoms. The first kappa shape index (κ1) is 11.0. The van der Waals surface area contributed by atoms with E-state index in [0.717, 1.165) is 19.0 Å². The van der Waals surface area contributed by atoms with Gasteiger partial charge in [0.05, 0.1) is 6.20 Å². The molecule has 1 N–H and O–H groups in total. The summed E-state index contributed by atoms with van der Waals surface area (Å²) in [5.74, 6) is 3.56. The van der Waals surface area contributed by atoms with Gasteiger partial charge in [0.15, 0.2) is 0 Å². The van der Waals surface area contributed by atoms with E-state index in [0.29, 0.717) is 0 Å². The lowest BCUT2D eigenvalue weighted by Crippen LogP contribution is -2.22. The van der Waals surface area contributed by atoms with Gasteiger partial charge in [0.1, 0.15) is 0 Å². The van der Waals surface area contributed by atoms with E-state index in [-0.39, 0.29) is 0 Å². The minimum Gasteiger partial charge on any atom is -0.312 e. The number of thioether (sulfide) groups is 1. The Hall–Kier alpha value is -0.480. The van der Waals surface area contributed by atoms with Crippen molar-refractivity contribution < 1.29 is 0 Å². The van der Waals surface area contributed by atoms with Crippen LogP contribution in [0.1, 0.15) is 17.7 Å². The van der Waals surface area contributed by atoms with E-state index in [1.165, 1.54) is 29.2 Å². The van der Waals surface area contributed by atoms with E-state index < -0.39 is 0 Å². The molecule has 1 unspecified atom stereocenters. The Balaban J connectivity index is 1.75. The van der Waals surface area contributed by atoms with Crippen LogP contribution in [-0.2, 0) is 13.6 Å².